The van der Waals surface area contributed by atoms with Crippen molar-refractivity contribution in [2.75, 3.05) is 5.75 Å². The first kappa shape index (κ1) is 40.6. The second kappa shape index (κ2) is 23.2. The number of hydrogen-bond donors (Lipinski definition) is 3. The van der Waals surface area contributed by atoms with Crippen molar-refractivity contribution in [1.29, 1.82) is 0 Å². The highest BCUT2D eigenvalue weighted by atomic mass is 32.2. The number of benzene rings is 4. The first-order valence-electron chi connectivity index (χ1n) is 18.6. The monoisotopic (exact) mass is 769 g/mol. The third kappa shape index (κ3) is 15.7. The minimum atomic E-state index is -1.45. The van der Waals surface area contributed by atoms with Crippen molar-refractivity contribution < 1.29 is 39.6 Å². The SMILES string of the molecule is [2H]C(C)(C)[C@@H](NC(=O)[C@H]([13CH2]SCc1ccccc1)NC(=O)CCC[C@H](NC(=O)OCc1ccccc1)C(=O)OCc1ccccc1)C(=O)OCc1ccccc1. The number of thioether (sulfide) groups is 1. The summed E-state index contributed by atoms with van der Waals surface area (Å²) in [6, 6.07) is 33.3. The van der Waals surface area contributed by atoms with Gasteiger partial charge in [0.1, 0.15) is 37.9 Å². The molecule has 3 amide bonds. The van der Waals surface area contributed by atoms with Crippen molar-refractivity contribution in [3.05, 3.63) is 144 Å². The molecule has 4 aromatic rings. The Kier molecular flexibility index (Phi) is 17.1. The fourth-order valence-corrected chi connectivity index (χ4v) is 6.28. The number of hydrogen-bond acceptors (Lipinski definition) is 9. The number of ether oxygens (including phenoxy) is 3. The van der Waals surface area contributed by atoms with E-state index < -0.39 is 53.9 Å². The van der Waals surface area contributed by atoms with Gasteiger partial charge in [-0.3, -0.25) is 9.59 Å². The van der Waals surface area contributed by atoms with Crippen LogP contribution in [0.15, 0.2) is 121 Å². The number of alkyl carbamates (subject to hydrolysis) is 1. The van der Waals surface area contributed by atoms with Crippen LogP contribution in [0.5, 0.6) is 0 Å². The molecule has 290 valence electrons. The second-order valence-corrected chi connectivity index (χ2v) is 14.0. The van der Waals surface area contributed by atoms with Gasteiger partial charge in [0.25, 0.3) is 0 Å². The summed E-state index contributed by atoms with van der Waals surface area (Å²) in [5.41, 5.74) is 3.31. The Morgan fingerprint density at radius 1 is 0.600 bits per heavy atom. The van der Waals surface area contributed by atoms with Gasteiger partial charge in [-0.25, -0.2) is 14.4 Å². The number of nitrogens with one attached hydrogen (secondary N) is 3. The summed E-state index contributed by atoms with van der Waals surface area (Å²) < 4.78 is 24.9. The van der Waals surface area contributed by atoms with Crippen LogP contribution in [0.4, 0.5) is 4.79 Å². The second-order valence-electron chi connectivity index (χ2n) is 13.0. The number of carbonyl (C=O) groups excluding carboxylic acids is 5. The minimum absolute atomic E-state index is 0.00436. The predicted molar refractivity (Wildman–Crippen MR) is 211 cm³/mol. The van der Waals surface area contributed by atoms with Gasteiger partial charge in [0.2, 0.25) is 11.8 Å². The standard InChI is InChI=1S/C43H49N3O8S/c1-31(2)39(42(50)53-27-33-18-9-4-10-19-33)46-40(48)37(30-55-29-35-22-13-6-14-23-35)44-38(47)25-15-24-36(41(49)52-26-32-16-7-3-8-17-32)45-43(51)54-28-34-20-11-5-12-21-34/h3-14,16-23,31,36-37,39H,15,24-30H2,1-2H3,(H,44,47)(H,45,51)(H,46,48)/t36-,37-,39+/m0/s1/i30+1,31D. The van der Waals surface area contributed by atoms with E-state index in [1.165, 1.54) is 25.6 Å². The lowest BCUT2D eigenvalue weighted by atomic mass is 10.0. The van der Waals surface area contributed by atoms with E-state index in [1.807, 2.05) is 84.9 Å². The highest BCUT2D eigenvalue weighted by Crippen LogP contribution is 2.15. The van der Waals surface area contributed by atoms with Gasteiger partial charge in [-0.2, -0.15) is 11.8 Å². The Balaban J connectivity index is 1.38. The van der Waals surface area contributed by atoms with E-state index >= 15 is 0 Å². The maximum atomic E-state index is 13.7. The molecule has 3 N–H and O–H groups in total. The molecule has 12 heteroatoms. The van der Waals surface area contributed by atoms with E-state index in [0.717, 1.165) is 22.3 Å². The van der Waals surface area contributed by atoms with Gasteiger partial charge in [-0.05, 0) is 41.0 Å². The molecule has 0 heterocycles. The highest BCUT2D eigenvalue weighted by molar-refractivity contribution is 7.98. The lowest BCUT2D eigenvalue weighted by molar-refractivity contribution is -0.150. The van der Waals surface area contributed by atoms with Crippen molar-refractivity contribution in [2.45, 2.75) is 76.8 Å². The summed E-state index contributed by atoms with van der Waals surface area (Å²) >= 11 is 1.42. The maximum Gasteiger partial charge on any atom is 0.408 e. The molecule has 0 fully saturated rings. The van der Waals surface area contributed by atoms with Gasteiger partial charge < -0.3 is 30.2 Å². The smallest absolute Gasteiger partial charge is 0.408 e. The normalized spacial score (nSPS) is 12.9. The molecular formula is C43H49N3O8S. The Bertz CT molecular complexity index is 1830. The summed E-state index contributed by atoms with van der Waals surface area (Å²) in [5.74, 6) is -3.32. The number of esters is 2. The van der Waals surface area contributed by atoms with Gasteiger partial charge >= 0.3 is 18.0 Å². The third-order valence-electron chi connectivity index (χ3n) is 8.28. The minimum Gasteiger partial charge on any atom is -0.459 e. The van der Waals surface area contributed by atoms with Gasteiger partial charge in [0, 0.05) is 19.3 Å². The average molecular weight is 770 g/mol. The molecule has 11 nitrogen and oxygen atoms in total. The van der Waals surface area contributed by atoms with E-state index in [0.29, 0.717) is 5.75 Å². The maximum absolute atomic E-state index is 13.7. The van der Waals surface area contributed by atoms with Crippen LogP contribution in [0.25, 0.3) is 0 Å². The molecule has 0 bridgehead atoms. The molecule has 0 aromatic heterocycles. The summed E-state index contributed by atoms with van der Waals surface area (Å²) in [6.07, 6.45) is -0.719. The van der Waals surface area contributed by atoms with Crippen LogP contribution in [0.2, 0.25) is 0 Å². The molecule has 4 aromatic carbocycles. The zero-order valence-electron chi connectivity index (χ0n) is 32.1. The van der Waals surface area contributed by atoms with E-state index in [1.54, 1.807) is 36.4 Å². The molecule has 0 saturated carbocycles. The van der Waals surface area contributed by atoms with Crippen LogP contribution in [0, 0.1) is 5.89 Å². The first-order valence-corrected chi connectivity index (χ1v) is 19.2. The fourth-order valence-electron chi connectivity index (χ4n) is 5.26. The highest BCUT2D eigenvalue weighted by Gasteiger charge is 2.30. The molecule has 3 atom stereocenters. The van der Waals surface area contributed by atoms with E-state index in [4.69, 9.17) is 15.6 Å². The summed E-state index contributed by atoms with van der Waals surface area (Å²) in [4.78, 5) is 66.2. The lowest BCUT2D eigenvalue weighted by Crippen LogP contribution is -2.54. The first-order chi connectivity index (χ1) is 27.0. The molecule has 0 aliphatic carbocycles. The quantitative estimate of drug-likeness (QED) is 0.0491. The molecule has 0 aliphatic heterocycles. The summed E-state index contributed by atoms with van der Waals surface area (Å²) in [5, 5.41) is 8.00. The van der Waals surface area contributed by atoms with Gasteiger partial charge in [-0.15, -0.1) is 0 Å². The Morgan fingerprint density at radius 3 is 1.58 bits per heavy atom. The van der Waals surface area contributed by atoms with Crippen molar-refractivity contribution in [3.8, 4) is 0 Å². The number of carbonyl (C=O) groups is 5. The molecule has 0 spiro atoms. The van der Waals surface area contributed by atoms with Gasteiger partial charge in [0.05, 0.1) is 0 Å². The summed E-state index contributed by atoms with van der Waals surface area (Å²) in [7, 11) is 0. The lowest BCUT2D eigenvalue weighted by Gasteiger charge is -2.25. The molecule has 0 saturated heterocycles. The van der Waals surface area contributed by atoms with E-state index in [9.17, 15) is 24.0 Å². The van der Waals surface area contributed by atoms with E-state index in [2.05, 4.69) is 16.0 Å². The Hall–Kier alpha value is -5.62. The van der Waals surface area contributed by atoms with Crippen molar-refractivity contribution in [2.24, 2.45) is 5.89 Å². The Morgan fingerprint density at radius 2 is 1.07 bits per heavy atom. The largest absolute Gasteiger partial charge is 0.459 e. The fraction of sp³-hybridized carbons (Fsp3) is 0.326. The van der Waals surface area contributed by atoms with E-state index in [-0.39, 0.29) is 44.8 Å². The summed E-state index contributed by atoms with van der Waals surface area (Å²) in [6.45, 7) is 2.94. The van der Waals surface area contributed by atoms with Crippen LogP contribution in [0.3, 0.4) is 0 Å². The van der Waals surface area contributed by atoms with Crippen molar-refractivity contribution in [3.63, 3.8) is 0 Å². The zero-order valence-corrected chi connectivity index (χ0v) is 31.9. The molecule has 0 unspecified atom stereocenters. The van der Waals surface area contributed by atoms with Crippen molar-refractivity contribution in [1.82, 2.24) is 16.0 Å². The van der Waals surface area contributed by atoms with Gasteiger partial charge in [-0.1, -0.05) is 135 Å². The third-order valence-corrected chi connectivity index (χ3v) is 9.39. The molecule has 4 rings (SSSR count). The average Bonchev–Trinajstić information content (AvgIpc) is 3.20. The van der Waals surface area contributed by atoms with Crippen LogP contribution in [-0.2, 0) is 59.0 Å². The van der Waals surface area contributed by atoms with Gasteiger partial charge in [0.15, 0.2) is 0 Å². The van der Waals surface area contributed by atoms with Crippen molar-refractivity contribution >= 4 is 41.6 Å². The van der Waals surface area contributed by atoms with Crippen LogP contribution < -0.4 is 16.0 Å². The molecule has 0 radical (unpaired) electrons. The zero-order chi connectivity index (χ0) is 40.2. The number of amides is 3. The topological polar surface area (TPSA) is 149 Å². The molecule has 0 aliphatic rings. The molecular weight excluding hydrogens is 720 g/mol. The molecule has 55 heavy (non-hydrogen) atoms. The van der Waals surface area contributed by atoms with Crippen LogP contribution in [0.1, 0.15) is 56.7 Å². The number of rotatable bonds is 21. The van der Waals surface area contributed by atoms with Crippen LogP contribution in [-0.4, -0.2) is 53.7 Å². The predicted octanol–water partition coefficient (Wildman–Crippen LogP) is 6.50. The van der Waals surface area contributed by atoms with Crippen LogP contribution >= 0.6 is 11.8 Å². The Labute approximate surface area is 328 Å².